The number of aliphatic hydroxyl groups excluding tert-OH is 2. The summed E-state index contributed by atoms with van der Waals surface area (Å²) < 4.78 is 29.6. The van der Waals surface area contributed by atoms with Gasteiger partial charge in [-0.3, -0.25) is 0 Å². The molecule has 0 spiro atoms. The van der Waals surface area contributed by atoms with Crippen LogP contribution in [0.2, 0.25) is 5.02 Å². The van der Waals surface area contributed by atoms with Crippen LogP contribution in [0.1, 0.15) is 49.5 Å². The number of hydrogen-bond acceptors (Lipinski definition) is 8. The Morgan fingerprint density at radius 1 is 1.08 bits per heavy atom. The number of halogens is 3. The third kappa shape index (κ3) is 5.52. The second-order valence-electron chi connectivity index (χ2n) is 9.04. The number of nitrogens with zero attached hydrogens (tertiary/aromatic N) is 4. The smallest absolute Gasteiger partial charge is 0.159 e. The second-order valence-corrected chi connectivity index (χ2v) is 9.42. The summed E-state index contributed by atoms with van der Waals surface area (Å²) in [6.07, 6.45) is 2.06. The molecule has 11 heteroatoms. The summed E-state index contributed by atoms with van der Waals surface area (Å²) in [5.41, 5.74) is 0.920. The van der Waals surface area contributed by atoms with Crippen LogP contribution in [-0.2, 0) is 18.6 Å². The predicted octanol–water partition coefficient (Wildman–Crippen LogP) is 4.45. The van der Waals surface area contributed by atoms with Gasteiger partial charge in [-0.1, -0.05) is 24.6 Å². The third-order valence-electron chi connectivity index (χ3n) is 5.81. The molecule has 0 bridgehead atoms. The van der Waals surface area contributed by atoms with Gasteiger partial charge in [-0.15, -0.1) is 0 Å². The van der Waals surface area contributed by atoms with Crippen LogP contribution in [0.5, 0.6) is 0 Å². The predicted molar refractivity (Wildman–Crippen MR) is 136 cm³/mol. The molecule has 1 atom stereocenters. The van der Waals surface area contributed by atoms with Crippen molar-refractivity contribution in [2.24, 2.45) is 0 Å². The Kier molecular flexibility index (Phi) is 7.65. The fourth-order valence-electron chi connectivity index (χ4n) is 3.78. The van der Waals surface area contributed by atoms with E-state index in [9.17, 15) is 19.7 Å². The number of aromatic nitrogens is 4. The normalized spacial score (nSPS) is 12.7. The molecule has 0 aliphatic heterocycles. The number of aryl methyl sites for hydroxylation is 1. The SMILES string of the molecule is CCc1nc2cc(F)c(-c3cnc(C(C)(C)O)nc3)nc2c(NCc2cc(C(O)CO)ccc2F)c1Cl. The van der Waals surface area contributed by atoms with E-state index in [1.54, 1.807) is 0 Å². The van der Waals surface area contributed by atoms with Crippen LogP contribution in [0.25, 0.3) is 22.3 Å². The maximum atomic E-state index is 15.1. The molecule has 3 aromatic heterocycles. The molecule has 1 aromatic carbocycles. The van der Waals surface area contributed by atoms with E-state index in [4.69, 9.17) is 11.6 Å². The zero-order chi connectivity index (χ0) is 26.9. The van der Waals surface area contributed by atoms with E-state index >= 15 is 4.39 Å². The first-order chi connectivity index (χ1) is 17.5. The number of hydrogen-bond donors (Lipinski definition) is 4. The highest BCUT2D eigenvalue weighted by atomic mass is 35.5. The van der Waals surface area contributed by atoms with Crippen molar-refractivity contribution in [3.05, 3.63) is 76.0 Å². The molecule has 0 saturated heterocycles. The summed E-state index contributed by atoms with van der Waals surface area (Å²) in [7, 11) is 0. The first kappa shape index (κ1) is 26.7. The highest BCUT2D eigenvalue weighted by Gasteiger charge is 2.22. The summed E-state index contributed by atoms with van der Waals surface area (Å²) in [4.78, 5) is 17.2. The van der Waals surface area contributed by atoms with Gasteiger partial charge in [-0.25, -0.2) is 28.7 Å². The lowest BCUT2D eigenvalue weighted by atomic mass is 10.1. The van der Waals surface area contributed by atoms with Gasteiger partial charge in [0.05, 0.1) is 28.5 Å². The molecule has 4 N–H and O–H groups in total. The summed E-state index contributed by atoms with van der Waals surface area (Å²) in [6, 6.07) is 5.28. The molecule has 0 aliphatic carbocycles. The van der Waals surface area contributed by atoms with Crippen LogP contribution in [0.15, 0.2) is 36.7 Å². The largest absolute Gasteiger partial charge is 0.393 e. The van der Waals surface area contributed by atoms with E-state index in [1.165, 1.54) is 50.5 Å². The van der Waals surface area contributed by atoms with Crippen LogP contribution in [0.4, 0.5) is 14.5 Å². The Morgan fingerprint density at radius 3 is 2.41 bits per heavy atom. The number of rotatable bonds is 8. The third-order valence-corrected chi connectivity index (χ3v) is 6.22. The number of fused-ring (bicyclic) bond motifs is 1. The zero-order valence-corrected chi connectivity index (χ0v) is 21.2. The van der Waals surface area contributed by atoms with Crippen LogP contribution < -0.4 is 5.32 Å². The van der Waals surface area contributed by atoms with Crippen LogP contribution >= 0.6 is 11.6 Å². The highest BCUT2D eigenvalue weighted by Crippen LogP contribution is 2.35. The lowest BCUT2D eigenvalue weighted by Gasteiger charge is -2.17. The molecule has 4 rings (SSSR count). The van der Waals surface area contributed by atoms with Gasteiger partial charge in [0.2, 0.25) is 0 Å². The fourth-order valence-corrected chi connectivity index (χ4v) is 4.11. The summed E-state index contributed by atoms with van der Waals surface area (Å²) in [6.45, 7) is 4.39. The average Bonchev–Trinajstić information content (AvgIpc) is 2.87. The number of benzene rings is 1. The van der Waals surface area contributed by atoms with Gasteiger partial charge in [0, 0.05) is 36.1 Å². The molecular weight excluding hydrogens is 504 g/mol. The van der Waals surface area contributed by atoms with E-state index in [0.717, 1.165) is 0 Å². The fraction of sp³-hybridized carbons (Fsp3) is 0.308. The molecule has 0 radical (unpaired) electrons. The van der Waals surface area contributed by atoms with Crippen molar-refractivity contribution in [1.29, 1.82) is 0 Å². The van der Waals surface area contributed by atoms with Crippen molar-refractivity contribution in [2.75, 3.05) is 11.9 Å². The minimum atomic E-state index is -1.27. The van der Waals surface area contributed by atoms with Crippen molar-refractivity contribution >= 4 is 28.3 Å². The topological polar surface area (TPSA) is 124 Å². The van der Waals surface area contributed by atoms with E-state index in [1.807, 2.05) is 6.92 Å². The molecule has 4 aromatic rings. The van der Waals surface area contributed by atoms with Crippen molar-refractivity contribution in [2.45, 2.75) is 45.4 Å². The van der Waals surface area contributed by atoms with Crippen LogP contribution in [-0.4, -0.2) is 41.9 Å². The highest BCUT2D eigenvalue weighted by molar-refractivity contribution is 6.35. The Morgan fingerprint density at radius 2 is 1.78 bits per heavy atom. The summed E-state index contributed by atoms with van der Waals surface area (Å²) in [5, 5.41) is 32.6. The van der Waals surface area contributed by atoms with Gasteiger partial charge in [0.15, 0.2) is 11.6 Å². The van der Waals surface area contributed by atoms with Crippen molar-refractivity contribution in [3.8, 4) is 11.3 Å². The van der Waals surface area contributed by atoms with Crippen molar-refractivity contribution in [1.82, 2.24) is 19.9 Å². The molecule has 1 unspecified atom stereocenters. The lowest BCUT2D eigenvalue weighted by Crippen LogP contribution is -2.19. The minimum absolute atomic E-state index is 0.0302. The van der Waals surface area contributed by atoms with Crippen LogP contribution in [0.3, 0.4) is 0 Å². The van der Waals surface area contributed by atoms with E-state index in [-0.39, 0.29) is 45.2 Å². The van der Waals surface area contributed by atoms with Crippen molar-refractivity contribution in [3.63, 3.8) is 0 Å². The molecule has 37 heavy (non-hydrogen) atoms. The summed E-state index contributed by atoms with van der Waals surface area (Å²) in [5.74, 6) is -0.991. The zero-order valence-electron chi connectivity index (χ0n) is 20.4. The van der Waals surface area contributed by atoms with Gasteiger partial charge in [0.25, 0.3) is 0 Å². The quantitative estimate of drug-likeness (QED) is 0.264. The average molecular weight is 530 g/mol. The van der Waals surface area contributed by atoms with Gasteiger partial charge in [-0.05, 0) is 38.0 Å². The van der Waals surface area contributed by atoms with E-state index in [0.29, 0.717) is 23.4 Å². The Hall–Kier alpha value is -3.31. The van der Waals surface area contributed by atoms with Crippen molar-refractivity contribution < 1.29 is 24.1 Å². The molecule has 194 valence electrons. The standard InChI is InChI=1S/C26H26ClF2N5O3/c1-4-18-21(27)24(30-9-14-7-13(20(36)12-35)5-6-16(14)28)23-19(33-18)8-17(29)22(34-23)15-10-31-25(32-11-15)26(2,3)37/h5-8,10-11,20,35-37H,4,9,12H2,1-3H3,(H,30,33). The molecular formula is C26H26ClF2N5O3. The van der Waals surface area contributed by atoms with E-state index in [2.05, 4.69) is 25.3 Å². The Bertz CT molecular complexity index is 1450. The Labute approximate surface area is 217 Å². The van der Waals surface area contributed by atoms with Gasteiger partial charge in [0.1, 0.15) is 28.7 Å². The minimum Gasteiger partial charge on any atom is -0.393 e. The molecule has 0 aliphatic rings. The molecule has 0 amide bonds. The Balaban J connectivity index is 1.79. The van der Waals surface area contributed by atoms with E-state index < -0.39 is 29.9 Å². The molecule has 0 fully saturated rings. The number of pyridine rings is 2. The van der Waals surface area contributed by atoms with Gasteiger partial charge in [-0.2, -0.15) is 0 Å². The second kappa shape index (κ2) is 10.6. The first-order valence-corrected chi connectivity index (χ1v) is 12.0. The maximum Gasteiger partial charge on any atom is 0.159 e. The van der Waals surface area contributed by atoms with Gasteiger partial charge < -0.3 is 20.6 Å². The lowest BCUT2D eigenvalue weighted by molar-refractivity contribution is 0.0687. The molecule has 3 heterocycles. The first-order valence-electron chi connectivity index (χ1n) is 11.6. The number of nitrogens with one attached hydrogen (secondary N) is 1. The maximum absolute atomic E-state index is 15.1. The number of anilines is 1. The molecule has 0 saturated carbocycles. The number of aliphatic hydroxyl groups is 3. The van der Waals surface area contributed by atoms with Crippen LogP contribution in [0, 0.1) is 11.6 Å². The molecule has 8 nitrogen and oxygen atoms in total. The monoisotopic (exact) mass is 529 g/mol. The van der Waals surface area contributed by atoms with Gasteiger partial charge >= 0.3 is 0 Å². The summed E-state index contributed by atoms with van der Waals surface area (Å²) >= 11 is 6.63.